The van der Waals surface area contributed by atoms with E-state index in [1.165, 1.54) is 31.7 Å². The summed E-state index contributed by atoms with van der Waals surface area (Å²) in [5, 5.41) is 25.7. The molecule has 3 heterocycles. The molecule has 4 atom stereocenters. The molecule has 72 heavy (non-hydrogen) atoms. The lowest BCUT2D eigenvalue weighted by Gasteiger charge is -2.49. The van der Waals surface area contributed by atoms with Crippen molar-refractivity contribution < 1.29 is 24.6 Å². The first-order chi connectivity index (χ1) is 34.2. The second-order valence-corrected chi connectivity index (χ2v) is 24.9. The Labute approximate surface area is 427 Å². The van der Waals surface area contributed by atoms with Crippen LogP contribution in [-0.2, 0) is 20.4 Å². The van der Waals surface area contributed by atoms with Gasteiger partial charge in [-0.05, 0) is 148 Å². The highest BCUT2D eigenvalue weighted by atomic mass is 16.3. The number of carbonyl (C=O) groups is 3. The number of nitrogens with zero attached hydrogens (tertiary/aromatic N) is 4. The molecule has 4 aromatic rings. The summed E-state index contributed by atoms with van der Waals surface area (Å²) in [5.74, 6) is -0.391. The van der Waals surface area contributed by atoms with Gasteiger partial charge in [0.25, 0.3) is 11.8 Å². The van der Waals surface area contributed by atoms with Gasteiger partial charge in [0.1, 0.15) is 5.57 Å². The van der Waals surface area contributed by atoms with Crippen molar-refractivity contribution in [2.24, 2.45) is 22.7 Å². The Morgan fingerprint density at radius 2 is 0.931 bits per heavy atom. The van der Waals surface area contributed by atoms with Gasteiger partial charge in [0.15, 0.2) is 0 Å². The predicted octanol–water partition coefficient (Wildman–Crippen LogP) is 12.8. The lowest BCUT2D eigenvalue weighted by molar-refractivity contribution is -0.141. The van der Waals surface area contributed by atoms with E-state index in [2.05, 4.69) is 176 Å². The molecule has 4 amide bonds. The third-order valence-corrected chi connectivity index (χ3v) is 17.3. The molecular formula is C63H76N4O5. The number of aliphatic hydroxyl groups is 2. The van der Waals surface area contributed by atoms with Crippen molar-refractivity contribution >= 4 is 50.8 Å². The molecule has 3 aliphatic heterocycles. The van der Waals surface area contributed by atoms with E-state index >= 15 is 14.4 Å². The zero-order chi connectivity index (χ0) is 51.2. The van der Waals surface area contributed by atoms with E-state index in [1.54, 1.807) is 0 Å². The average molecular weight is 969 g/mol. The molecule has 0 bridgehead atoms. The number of amides is 4. The SMILES string of the molecule is CC1CC(N2C(=O)C(=C3C(=CC=C4N(CCO)c5ccc6ccccc6c5C4(C)C)CCC3=CC=C3N(CCO)c4ccc5ccccc5c4C3(C)C)C(=O)N(C3CC(C)CC(C)(C)C3)C2=O)CC(C)(C)C1. The van der Waals surface area contributed by atoms with E-state index in [9.17, 15) is 10.2 Å². The molecule has 10 rings (SSSR count). The second kappa shape index (κ2) is 18.3. The molecule has 3 saturated carbocycles. The van der Waals surface area contributed by atoms with Crippen molar-refractivity contribution in [3.8, 4) is 0 Å². The Balaban J connectivity index is 1.19. The quantitative estimate of drug-likeness (QED) is 0.134. The number of rotatable bonds is 8. The third kappa shape index (κ3) is 8.36. The summed E-state index contributed by atoms with van der Waals surface area (Å²) >= 11 is 0. The Bertz CT molecular complexity index is 2850. The maximum absolute atomic E-state index is 15.9. The second-order valence-electron chi connectivity index (χ2n) is 24.9. The first-order valence-corrected chi connectivity index (χ1v) is 26.8. The molecule has 4 unspecified atom stereocenters. The van der Waals surface area contributed by atoms with Crippen LogP contribution in [0, 0.1) is 22.7 Å². The topological polar surface area (TPSA) is 105 Å². The van der Waals surface area contributed by atoms with E-state index < -0.39 is 28.7 Å². The molecule has 4 fully saturated rings. The number of barbiturate groups is 1. The molecule has 9 heteroatoms. The standard InChI is InChI=1S/C63H76N4O5/c1-39-33-45(37-60(3,4)35-39)66-57(70)54(58(71)67(59(66)72)46-34-40(2)36-61(5,6)38-46)53-43(23-27-51-62(7,8)55-47-17-13-11-15-41(47)21-25-49(55)64(51)29-31-68)19-20-44(53)24-28-52-63(9,10)56-48-18-14-12-16-42(48)22-26-50(56)65(52)30-32-69/h11-18,21-28,39-40,45-46,68-69H,19-20,29-38H2,1-10H3. The van der Waals surface area contributed by atoms with Crippen molar-refractivity contribution in [2.45, 2.75) is 144 Å². The molecule has 0 radical (unpaired) electrons. The number of anilines is 2. The zero-order valence-corrected chi connectivity index (χ0v) is 44.4. The van der Waals surface area contributed by atoms with E-state index in [1.807, 2.05) is 0 Å². The number of hydrogen-bond acceptors (Lipinski definition) is 7. The number of fused-ring (bicyclic) bond motifs is 6. The molecular weight excluding hydrogens is 893 g/mol. The number of imide groups is 2. The summed E-state index contributed by atoms with van der Waals surface area (Å²) in [6.45, 7) is 23.1. The predicted molar refractivity (Wildman–Crippen MR) is 292 cm³/mol. The van der Waals surface area contributed by atoms with E-state index in [4.69, 9.17) is 0 Å². The maximum Gasteiger partial charge on any atom is 0.334 e. The fraction of sp³-hybridized carbons (Fsp3) is 0.476. The van der Waals surface area contributed by atoms with Gasteiger partial charge in [0, 0.05) is 58.8 Å². The lowest BCUT2D eigenvalue weighted by atomic mass is 9.69. The first-order valence-electron chi connectivity index (χ1n) is 26.8. The number of aliphatic hydroxyl groups excluding tert-OH is 2. The number of β-amino-alcohol motifs (C(OH)–C–C–N with tert-alkyl or cyclic N) is 2. The number of benzene rings is 4. The van der Waals surface area contributed by atoms with E-state index in [-0.39, 0.29) is 41.7 Å². The van der Waals surface area contributed by atoms with Crippen LogP contribution in [0.25, 0.3) is 21.5 Å². The first kappa shape index (κ1) is 49.8. The van der Waals surface area contributed by atoms with Crippen molar-refractivity contribution in [1.82, 2.24) is 9.80 Å². The van der Waals surface area contributed by atoms with E-state index in [0.717, 1.165) is 57.5 Å². The van der Waals surface area contributed by atoms with Crippen LogP contribution in [0.3, 0.4) is 0 Å². The number of allylic oxidation sites excluding steroid dienone is 9. The summed E-state index contributed by atoms with van der Waals surface area (Å²) in [6.07, 6.45) is 14.4. The highest BCUT2D eigenvalue weighted by Crippen LogP contribution is 2.54. The molecule has 2 N–H and O–H groups in total. The summed E-state index contributed by atoms with van der Waals surface area (Å²) < 4.78 is 0. The minimum Gasteiger partial charge on any atom is -0.395 e. The minimum absolute atomic E-state index is 0.0354. The molecule has 3 aliphatic carbocycles. The molecule has 0 aromatic heterocycles. The van der Waals surface area contributed by atoms with Crippen molar-refractivity contribution in [1.29, 1.82) is 0 Å². The molecule has 4 aromatic carbocycles. The summed E-state index contributed by atoms with van der Waals surface area (Å²) in [7, 11) is 0. The fourth-order valence-electron chi connectivity index (χ4n) is 15.0. The molecule has 1 saturated heterocycles. The van der Waals surface area contributed by atoms with Crippen LogP contribution in [-0.4, -0.2) is 76.2 Å². The van der Waals surface area contributed by atoms with Gasteiger partial charge in [-0.15, -0.1) is 0 Å². The van der Waals surface area contributed by atoms with Crippen LogP contribution in [0.2, 0.25) is 0 Å². The number of carbonyl (C=O) groups excluding carboxylic acids is 3. The largest absolute Gasteiger partial charge is 0.395 e. The fourth-order valence-corrected chi connectivity index (χ4v) is 15.0. The van der Waals surface area contributed by atoms with Gasteiger partial charge in [-0.25, -0.2) is 4.79 Å². The summed E-state index contributed by atoms with van der Waals surface area (Å²) in [5.41, 5.74) is 7.93. The zero-order valence-electron chi connectivity index (χ0n) is 44.4. The van der Waals surface area contributed by atoms with Crippen LogP contribution in [0.5, 0.6) is 0 Å². The molecule has 6 aliphatic rings. The highest BCUT2D eigenvalue weighted by molar-refractivity contribution is 6.30. The van der Waals surface area contributed by atoms with Gasteiger partial charge in [-0.2, -0.15) is 0 Å². The monoisotopic (exact) mass is 969 g/mol. The van der Waals surface area contributed by atoms with Gasteiger partial charge in [-0.1, -0.05) is 142 Å². The molecule has 9 nitrogen and oxygen atoms in total. The number of urea groups is 1. The molecule has 0 spiro atoms. The van der Waals surface area contributed by atoms with Gasteiger partial charge in [-0.3, -0.25) is 19.4 Å². The van der Waals surface area contributed by atoms with Gasteiger partial charge in [0.05, 0.1) is 13.2 Å². The number of hydrogen-bond donors (Lipinski definition) is 2. The smallest absolute Gasteiger partial charge is 0.334 e. The van der Waals surface area contributed by atoms with Crippen LogP contribution in [0.15, 0.2) is 131 Å². The Morgan fingerprint density at radius 1 is 0.528 bits per heavy atom. The van der Waals surface area contributed by atoms with Crippen LogP contribution in [0.1, 0.15) is 132 Å². The van der Waals surface area contributed by atoms with Gasteiger partial charge in [0.2, 0.25) is 0 Å². The Kier molecular flexibility index (Phi) is 12.7. The van der Waals surface area contributed by atoms with Crippen molar-refractivity contribution in [2.75, 3.05) is 36.1 Å². The molecule has 378 valence electrons. The third-order valence-electron chi connectivity index (χ3n) is 17.3. The normalized spacial score (nSPS) is 28.0. The van der Waals surface area contributed by atoms with Gasteiger partial charge >= 0.3 is 6.03 Å². The van der Waals surface area contributed by atoms with Crippen molar-refractivity contribution in [3.05, 3.63) is 142 Å². The lowest BCUT2D eigenvalue weighted by Crippen LogP contribution is -2.64. The van der Waals surface area contributed by atoms with Crippen molar-refractivity contribution in [3.63, 3.8) is 0 Å². The average Bonchev–Trinajstić information content (AvgIpc) is 3.87. The summed E-state index contributed by atoms with van der Waals surface area (Å²) in [4.78, 5) is 54.5. The Hall–Kier alpha value is -5.77. The minimum atomic E-state index is -0.489. The van der Waals surface area contributed by atoms with Gasteiger partial charge < -0.3 is 20.0 Å². The van der Waals surface area contributed by atoms with Crippen LogP contribution < -0.4 is 9.80 Å². The highest BCUT2D eigenvalue weighted by Gasteiger charge is 2.53. The van der Waals surface area contributed by atoms with E-state index in [0.29, 0.717) is 69.0 Å². The van der Waals surface area contributed by atoms with Crippen LogP contribution >= 0.6 is 0 Å². The Morgan fingerprint density at radius 3 is 1.32 bits per heavy atom. The van der Waals surface area contributed by atoms with Crippen LogP contribution in [0.4, 0.5) is 16.2 Å². The maximum atomic E-state index is 15.9. The summed E-state index contributed by atoms with van der Waals surface area (Å²) in [6, 6.07) is 24.4.